The molecule has 3 aromatic heterocycles. The van der Waals surface area contributed by atoms with Crippen molar-refractivity contribution in [3.8, 4) is 27.8 Å². The average Bonchev–Trinajstić information content (AvgIpc) is 3.62. The molecule has 0 atom stereocenters. The van der Waals surface area contributed by atoms with Crippen LogP contribution in [0.3, 0.4) is 0 Å². The van der Waals surface area contributed by atoms with E-state index in [1.807, 2.05) is 59.3 Å². The number of aldehydes is 1. The lowest BCUT2D eigenvalue weighted by molar-refractivity contribution is -0.107. The first-order chi connectivity index (χ1) is 17.1. The van der Waals surface area contributed by atoms with Crippen LogP contribution in [0.25, 0.3) is 32.6 Å². The van der Waals surface area contributed by atoms with Crippen molar-refractivity contribution < 1.29 is 4.79 Å². The molecule has 0 saturated heterocycles. The predicted octanol–water partition coefficient (Wildman–Crippen LogP) is 8.71. The van der Waals surface area contributed by atoms with Crippen LogP contribution in [-0.2, 0) is 11.2 Å². The fourth-order valence-electron chi connectivity index (χ4n) is 4.04. The molecule has 0 radical (unpaired) electrons. The standard InChI is InChI=1S/C26H16ClN3O2S3/c27-17-5-7-18(8-6-17)35-30-22-13-16(3-1-10-31)21(29-32)14-20(22)25(19-9-12-34-24(19)15-28)26(30)23-4-2-11-33-23/h2,4-14H,1,3H2. The van der Waals surface area contributed by atoms with E-state index in [2.05, 4.69) is 15.2 Å². The first kappa shape index (κ1) is 23.5. The van der Waals surface area contributed by atoms with Crippen molar-refractivity contribution in [1.29, 1.82) is 5.26 Å². The van der Waals surface area contributed by atoms with Crippen LogP contribution in [0.4, 0.5) is 5.69 Å². The first-order valence-electron chi connectivity index (χ1n) is 10.6. The van der Waals surface area contributed by atoms with Gasteiger partial charge in [-0.15, -0.1) is 27.6 Å². The lowest BCUT2D eigenvalue weighted by Gasteiger charge is -2.11. The number of rotatable bonds is 8. The summed E-state index contributed by atoms with van der Waals surface area (Å²) in [5.41, 5.74) is 4.54. The molecule has 5 nitrogen and oxygen atoms in total. The summed E-state index contributed by atoms with van der Waals surface area (Å²) >= 11 is 10.6. The van der Waals surface area contributed by atoms with E-state index in [1.54, 1.807) is 17.4 Å². The number of hydrogen-bond acceptors (Lipinski definition) is 7. The minimum atomic E-state index is 0.298. The van der Waals surface area contributed by atoms with Gasteiger partial charge in [-0.2, -0.15) is 5.26 Å². The summed E-state index contributed by atoms with van der Waals surface area (Å²) in [5, 5.41) is 18.5. The minimum Gasteiger partial charge on any atom is -0.303 e. The minimum absolute atomic E-state index is 0.298. The maximum atomic E-state index is 11.8. The molecule has 0 bridgehead atoms. The molecule has 0 fully saturated rings. The molecule has 5 rings (SSSR count). The van der Waals surface area contributed by atoms with Crippen LogP contribution >= 0.6 is 46.2 Å². The second-order valence-electron chi connectivity index (χ2n) is 7.61. The summed E-state index contributed by atoms with van der Waals surface area (Å²) in [6.07, 6.45) is 1.56. The summed E-state index contributed by atoms with van der Waals surface area (Å²) < 4.78 is 2.14. The fourth-order valence-corrected chi connectivity index (χ4v) is 6.67. The van der Waals surface area contributed by atoms with E-state index in [9.17, 15) is 15.0 Å². The number of benzene rings is 2. The Kier molecular flexibility index (Phi) is 6.84. The Morgan fingerprint density at radius 3 is 2.63 bits per heavy atom. The van der Waals surface area contributed by atoms with Gasteiger partial charge in [-0.1, -0.05) is 17.7 Å². The van der Waals surface area contributed by atoms with Crippen molar-refractivity contribution in [3.05, 3.63) is 85.7 Å². The number of thiophene rings is 2. The number of fused-ring (bicyclic) bond motifs is 1. The van der Waals surface area contributed by atoms with E-state index in [4.69, 9.17) is 11.6 Å². The molecule has 3 heterocycles. The van der Waals surface area contributed by atoms with E-state index >= 15 is 0 Å². The Morgan fingerprint density at radius 1 is 1.11 bits per heavy atom. The molecule has 0 amide bonds. The summed E-state index contributed by atoms with van der Waals surface area (Å²) in [7, 11) is 0. The second-order valence-corrected chi connectivity index (χ2v) is 10.9. The van der Waals surface area contributed by atoms with Crippen molar-refractivity contribution in [2.45, 2.75) is 17.7 Å². The van der Waals surface area contributed by atoms with Gasteiger partial charge in [-0.05, 0) is 88.4 Å². The number of nitriles is 1. The van der Waals surface area contributed by atoms with Gasteiger partial charge in [-0.3, -0.25) is 3.97 Å². The van der Waals surface area contributed by atoms with Crippen molar-refractivity contribution >= 4 is 69.1 Å². The number of aryl methyl sites for hydroxylation is 1. The van der Waals surface area contributed by atoms with E-state index in [1.165, 1.54) is 23.3 Å². The molecule has 172 valence electrons. The highest BCUT2D eigenvalue weighted by Crippen LogP contribution is 2.48. The number of nitrogens with zero attached hydrogens (tertiary/aromatic N) is 3. The third kappa shape index (κ3) is 4.44. The summed E-state index contributed by atoms with van der Waals surface area (Å²) in [5.74, 6) is 0. The molecule has 0 aliphatic heterocycles. The van der Waals surface area contributed by atoms with E-state index in [0.29, 0.717) is 34.0 Å². The molecule has 0 unspecified atom stereocenters. The van der Waals surface area contributed by atoms with Gasteiger partial charge >= 0.3 is 0 Å². The molecule has 0 aliphatic rings. The van der Waals surface area contributed by atoms with Crippen LogP contribution in [0.1, 0.15) is 16.9 Å². The maximum Gasteiger partial charge on any atom is 0.120 e. The molecule has 0 spiro atoms. The van der Waals surface area contributed by atoms with Crippen molar-refractivity contribution in [2.24, 2.45) is 5.18 Å². The van der Waals surface area contributed by atoms with Crippen molar-refractivity contribution in [1.82, 2.24) is 3.97 Å². The SMILES string of the molecule is N#Cc1sccc1-c1c(-c2cccs2)n(Sc2ccc(Cl)cc2)c2cc(CCC=O)c(N=O)cc12. The zero-order valence-electron chi connectivity index (χ0n) is 18.1. The Labute approximate surface area is 218 Å². The molecule has 5 aromatic rings. The first-order valence-corrected chi connectivity index (χ1v) is 13.5. The van der Waals surface area contributed by atoms with Gasteiger partial charge in [-0.25, -0.2) is 0 Å². The predicted molar refractivity (Wildman–Crippen MR) is 146 cm³/mol. The number of halogens is 1. The van der Waals surface area contributed by atoms with Gasteiger partial charge in [0.15, 0.2) is 0 Å². The van der Waals surface area contributed by atoms with Crippen molar-refractivity contribution in [2.75, 3.05) is 0 Å². The van der Waals surface area contributed by atoms with Crippen molar-refractivity contribution in [3.63, 3.8) is 0 Å². The number of nitroso groups, excluding NO2 is 1. The van der Waals surface area contributed by atoms with Gasteiger partial charge in [0, 0.05) is 32.9 Å². The summed E-state index contributed by atoms with van der Waals surface area (Å²) in [4.78, 5) is 25.5. The largest absolute Gasteiger partial charge is 0.303 e. The molecule has 0 saturated carbocycles. The molecule has 0 N–H and O–H groups in total. The highest BCUT2D eigenvalue weighted by Gasteiger charge is 2.25. The van der Waals surface area contributed by atoms with Crippen LogP contribution < -0.4 is 0 Å². The average molecular weight is 534 g/mol. The van der Waals surface area contributed by atoms with Gasteiger partial charge in [0.25, 0.3) is 0 Å². The normalized spacial score (nSPS) is 11.0. The number of aromatic nitrogens is 1. The zero-order chi connectivity index (χ0) is 24.4. The highest BCUT2D eigenvalue weighted by atomic mass is 35.5. The van der Waals surface area contributed by atoms with Crippen LogP contribution in [0.5, 0.6) is 0 Å². The zero-order valence-corrected chi connectivity index (χ0v) is 21.3. The monoisotopic (exact) mass is 533 g/mol. The van der Waals surface area contributed by atoms with E-state index in [0.717, 1.165) is 43.8 Å². The Morgan fingerprint density at radius 2 is 1.94 bits per heavy atom. The number of hydrogen-bond donors (Lipinski definition) is 0. The molecule has 9 heteroatoms. The highest BCUT2D eigenvalue weighted by molar-refractivity contribution is 7.98. The molecular weight excluding hydrogens is 518 g/mol. The summed E-state index contributed by atoms with van der Waals surface area (Å²) in [6, 6.07) is 19.6. The molecular formula is C26H16ClN3O2S3. The number of carbonyl (C=O) groups excluding carboxylic acids is 1. The quantitative estimate of drug-likeness (QED) is 0.148. The second kappa shape index (κ2) is 10.2. The third-order valence-corrected chi connectivity index (χ3v) is 8.55. The lowest BCUT2D eigenvalue weighted by Crippen LogP contribution is -1.92. The lowest BCUT2D eigenvalue weighted by atomic mass is 9.99. The molecule has 0 aliphatic carbocycles. The molecule has 2 aromatic carbocycles. The van der Waals surface area contributed by atoms with Crippen LogP contribution in [0.2, 0.25) is 5.02 Å². The summed E-state index contributed by atoms with van der Waals surface area (Å²) in [6.45, 7) is 0. The Balaban J connectivity index is 1.88. The van der Waals surface area contributed by atoms with Crippen LogP contribution in [0, 0.1) is 16.2 Å². The molecule has 35 heavy (non-hydrogen) atoms. The fraction of sp³-hybridized carbons (Fsp3) is 0.0769. The topological polar surface area (TPSA) is 75.2 Å². The van der Waals surface area contributed by atoms with Gasteiger partial charge in [0.05, 0.1) is 16.1 Å². The third-order valence-electron chi connectivity index (χ3n) is 5.56. The maximum absolute atomic E-state index is 11.8. The van der Waals surface area contributed by atoms with Crippen LogP contribution in [0.15, 0.2) is 75.4 Å². The van der Waals surface area contributed by atoms with E-state index in [-0.39, 0.29) is 0 Å². The van der Waals surface area contributed by atoms with Crippen LogP contribution in [-0.4, -0.2) is 10.3 Å². The van der Waals surface area contributed by atoms with E-state index < -0.39 is 0 Å². The Bertz CT molecular complexity index is 1580. The van der Waals surface area contributed by atoms with Gasteiger partial charge < -0.3 is 4.79 Å². The number of carbonyl (C=O) groups is 1. The smallest absolute Gasteiger partial charge is 0.120 e. The van der Waals surface area contributed by atoms with Gasteiger partial charge in [0.2, 0.25) is 0 Å². The van der Waals surface area contributed by atoms with Gasteiger partial charge in [0.1, 0.15) is 22.9 Å². The Hall–Kier alpha value is -3.22.